The minimum Gasteiger partial charge on any atom is -0.457 e. The number of ether oxygens (including phenoxy) is 1. The van der Waals surface area contributed by atoms with Gasteiger partial charge in [0.2, 0.25) is 5.91 Å². The zero-order valence-corrected chi connectivity index (χ0v) is 13.7. The van der Waals surface area contributed by atoms with Crippen LogP contribution >= 0.6 is 0 Å². The predicted octanol–water partition coefficient (Wildman–Crippen LogP) is 3.46. The lowest BCUT2D eigenvalue weighted by molar-refractivity contribution is 0.1000. The van der Waals surface area contributed by atoms with Crippen molar-refractivity contribution in [3.05, 3.63) is 58.7 Å². The lowest BCUT2D eigenvalue weighted by Crippen LogP contribution is -2.12. The average Bonchev–Trinajstić information content (AvgIpc) is 2.99. The number of aliphatic hydroxyl groups excluding tert-OH is 1. The van der Waals surface area contributed by atoms with Crippen molar-refractivity contribution in [3.8, 4) is 17.6 Å². The summed E-state index contributed by atoms with van der Waals surface area (Å²) >= 11 is 0. The number of primary amides is 1. The van der Waals surface area contributed by atoms with Crippen molar-refractivity contribution < 1.29 is 14.6 Å². The van der Waals surface area contributed by atoms with Gasteiger partial charge in [-0.05, 0) is 42.7 Å². The molecule has 5 heteroatoms. The highest BCUT2D eigenvalue weighted by Crippen LogP contribution is 2.38. The normalized spacial score (nSPS) is 14.8. The van der Waals surface area contributed by atoms with Gasteiger partial charge < -0.3 is 15.6 Å². The Labute approximate surface area is 141 Å². The minimum atomic E-state index is -0.646. The Balaban J connectivity index is 0.00000100. The first-order valence-corrected chi connectivity index (χ1v) is 7.92. The highest BCUT2D eigenvalue weighted by atomic mass is 16.5. The van der Waals surface area contributed by atoms with Crippen molar-refractivity contribution >= 4 is 5.91 Å². The van der Waals surface area contributed by atoms with Crippen molar-refractivity contribution in [2.24, 2.45) is 5.73 Å². The van der Waals surface area contributed by atoms with Gasteiger partial charge in [-0.1, -0.05) is 26.0 Å². The van der Waals surface area contributed by atoms with E-state index in [-0.39, 0.29) is 11.1 Å². The highest BCUT2D eigenvalue weighted by Gasteiger charge is 2.23. The van der Waals surface area contributed by atoms with Crippen LogP contribution in [0, 0.1) is 11.3 Å². The fourth-order valence-corrected chi connectivity index (χ4v) is 2.72. The summed E-state index contributed by atoms with van der Waals surface area (Å²) in [7, 11) is 0. The summed E-state index contributed by atoms with van der Waals surface area (Å²) in [6.07, 6.45) is 0.974. The maximum absolute atomic E-state index is 11.2. The summed E-state index contributed by atoms with van der Waals surface area (Å²) in [5.74, 6) is 0.466. The number of hydrogen-bond donors (Lipinski definition) is 2. The number of nitrogens with zero attached hydrogens (tertiary/aromatic N) is 1. The molecule has 0 saturated heterocycles. The van der Waals surface area contributed by atoms with Crippen LogP contribution in [0.4, 0.5) is 0 Å². The number of fused-ring (bicyclic) bond motifs is 1. The van der Waals surface area contributed by atoms with E-state index in [0.29, 0.717) is 17.9 Å². The topological polar surface area (TPSA) is 96.3 Å². The van der Waals surface area contributed by atoms with Crippen LogP contribution in [0.2, 0.25) is 0 Å². The maximum atomic E-state index is 11.2. The van der Waals surface area contributed by atoms with E-state index in [1.54, 1.807) is 6.07 Å². The molecule has 0 saturated carbocycles. The van der Waals surface area contributed by atoms with Crippen LogP contribution in [0.3, 0.4) is 0 Å². The van der Waals surface area contributed by atoms with Crippen LogP contribution in [0.25, 0.3) is 0 Å². The smallest absolute Gasteiger partial charge is 0.250 e. The molecule has 5 nitrogen and oxygen atoms in total. The molecule has 24 heavy (non-hydrogen) atoms. The second kappa shape index (κ2) is 7.62. The molecule has 124 valence electrons. The third-order valence-corrected chi connectivity index (χ3v) is 3.80. The van der Waals surface area contributed by atoms with Gasteiger partial charge in [-0.2, -0.15) is 5.26 Å². The van der Waals surface area contributed by atoms with Gasteiger partial charge in [-0.15, -0.1) is 0 Å². The molecule has 0 aliphatic heterocycles. The van der Waals surface area contributed by atoms with E-state index in [1.165, 1.54) is 12.1 Å². The van der Waals surface area contributed by atoms with Gasteiger partial charge >= 0.3 is 0 Å². The second-order valence-electron chi connectivity index (χ2n) is 5.16. The quantitative estimate of drug-likeness (QED) is 0.903. The van der Waals surface area contributed by atoms with Crippen molar-refractivity contribution in [2.45, 2.75) is 32.8 Å². The highest BCUT2D eigenvalue weighted by molar-refractivity contribution is 5.95. The molecular formula is C19H20N2O3. The van der Waals surface area contributed by atoms with Crippen LogP contribution in [-0.2, 0) is 6.42 Å². The molecule has 1 aliphatic rings. The summed E-state index contributed by atoms with van der Waals surface area (Å²) in [5.41, 5.74) is 7.43. The van der Waals surface area contributed by atoms with Gasteiger partial charge in [0.15, 0.2) is 0 Å². The van der Waals surface area contributed by atoms with E-state index in [4.69, 9.17) is 15.7 Å². The van der Waals surface area contributed by atoms with Gasteiger partial charge in [0.25, 0.3) is 0 Å². The lowest BCUT2D eigenvalue weighted by atomic mass is 10.1. The minimum absolute atomic E-state index is 0.170. The Bertz CT molecular complexity index is 794. The molecule has 0 spiro atoms. The van der Waals surface area contributed by atoms with Gasteiger partial charge in [-0.25, -0.2) is 0 Å². The van der Waals surface area contributed by atoms with Crippen LogP contribution < -0.4 is 10.5 Å². The lowest BCUT2D eigenvalue weighted by Gasteiger charge is -2.12. The van der Waals surface area contributed by atoms with E-state index in [2.05, 4.69) is 0 Å². The summed E-state index contributed by atoms with van der Waals surface area (Å²) in [5, 5.41) is 19.0. The van der Waals surface area contributed by atoms with Crippen molar-refractivity contribution in [1.82, 2.24) is 0 Å². The molecule has 1 atom stereocenters. The van der Waals surface area contributed by atoms with E-state index in [1.807, 2.05) is 38.1 Å². The SMILES string of the molecule is CC.N#Cc1cc(Oc2cccc3c2CCC3O)ccc1C(N)=O. The first-order chi connectivity index (χ1) is 11.6. The third kappa shape index (κ3) is 3.39. The average molecular weight is 324 g/mol. The Morgan fingerprint density at radius 1 is 1.33 bits per heavy atom. The molecule has 1 aliphatic carbocycles. The Morgan fingerprint density at radius 2 is 2.08 bits per heavy atom. The van der Waals surface area contributed by atoms with E-state index in [0.717, 1.165) is 17.5 Å². The number of nitrogens with two attached hydrogens (primary N) is 1. The van der Waals surface area contributed by atoms with Crippen molar-refractivity contribution in [1.29, 1.82) is 5.26 Å². The van der Waals surface area contributed by atoms with Gasteiger partial charge in [0.05, 0.1) is 17.2 Å². The molecular weight excluding hydrogens is 304 g/mol. The first kappa shape index (κ1) is 17.5. The van der Waals surface area contributed by atoms with Gasteiger partial charge in [0, 0.05) is 5.56 Å². The molecule has 0 heterocycles. The molecule has 0 aromatic heterocycles. The molecule has 2 aromatic carbocycles. The summed E-state index contributed by atoms with van der Waals surface area (Å²) < 4.78 is 5.83. The fraction of sp³-hybridized carbons (Fsp3) is 0.263. The Morgan fingerprint density at radius 3 is 2.75 bits per heavy atom. The number of carbonyl (C=O) groups excluding carboxylic acids is 1. The van der Waals surface area contributed by atoms with Crippen LogP contribution in [-0.4, -0.2) is 11.0 Å². The molecule has 1 amide bonds. The number of rotatable bonds is 3. The molecule has 1 unspecified atom stereocenters. The summed E-state index contributed by atoms with van der Waals surface area (Å²) in [4.78, 5) is 11.2. The molecule has 0 fully saturated rings. The number of carbonyl (C=O) groups is 1. The largest absolute Gasteiger partial charge is 0.457 e. The number of benzene rings is 2. The molecule has 3 N–H and O–H groups in total. The number of aliphatic hydroxyl groups is 1. The van der Waals surface area contributed by atoms with E-state index >= 15 is 0 Å². The van der Waals surface area contributed by atoms with Crippen molar-refractivity contribution in [3.63, 3.8) is 0 Å². The zero-order valence-electron chi connectivity index (χ0n) is 13.7. The maximum Gasteiger partial charge on any atom is 0.250 e. The summed E-state index contributed by atoms with van der Waals surface area (Å²) in [6.45, 7) is 4.00. The zero-order chi connectivity index (χ0) is 17.7. The van der Waals surface area contributed by atoms with Gasteiger partial charge in [0.1, 0.15) is 17.6 Å². The van der Waals surface area contributed by atoms with Crippen LogP contribution in [0.15, 0.2) is 36.4 Å². The first-order valence-electron chi connectivity index (χ1n) is 7.92. The number of nitriles is 1. The second-order valence-corrected chi connectivity index (χ2v) is 5.16. The van der Waals surface area contributed by atoms with E-state index < -0.39 is 12.0 Å². The summed E-state index contributed by atoms with van der Waals surface area (Å²) in [6, 6.07) is 12.1. The number of amides is 1. The van der Waals surface area contributed by atoms with Crippen LogP contribution in [0.1, 0.15) is 53.4 Å². The molecule has 2 aromatic rings. The van der Waals surface area contributed by atoms with E-state index in [9.17, 15) is 9.90 Å². The molecule has 3 rings (SSSR count). The monoisotopic (exact) mass is 324 g/mol. The molecule has 0 radical (unpaired) electrons. The van der Waals surface area contributed by atoms with Gasteiger partial charge in [-0.3, -0.25) is 4.79 Å². The Hall–Kier alpha value is -2.84. The number of hydrogen-bond acceptors (Lipinski definition) is 4. The Kier molecular flexibility index (Phi) is 5.56. The standard InChI is InChI=1S/C17H14N2O3.C2H6/c18-9-10-8-11(4-5-12(10)17(19)21)22-16-3-1-2-13-14(16)6-7-15(13)20;1-2/h1-5,8,15,20H,6-7H2,(H2,19,21);1-2H3. The predicted molar refractivity (Wildman–Crippen MR) is 90.8 cm³/mol. The van der Waals surface area contributed by atoms with Crippen LogP contribution in [0.5, 0.6) is 11.5 Å². The fourth-order valence-electron chi connectivity index (χ4n) is 2.72. The third-order valence-electron chi connectivity index (χ3n) is 3.80. The van der Waals surface area contributed by atoms with Crippen molar-refractivity contribution in [2.75, 3.05) is 0 Å². The molecule has 0 bridgehead atoms.